The van der Waals surface area contributed by atoms with Gasteiger partial charge < -0.3 is 14.8 Å². The Labute approximate surface area is 167 Å². The lowest BCUT2D eigenvalue weighted by Gasteiger charge is -2.17. The van der Waals surface area contributed by atoms with Gasteiger partial charge in [-0.3, -0.25) is 0 Å². The molecule has 0 aromatic rings. The summed E-state index contributed by atoms with van der Waals surface area (Å²) in [6, 6.07) is -0.604. The molecule has 5 nitrogen and oxygen atoms in total. The molecule has 0 aliphatic heterocycles. The van der Waals surface area contributed by atoms with Crippen LogP contribution in [0.1, 0.15) is 111 Å². The summed E-state index contributed by atoms with van der Waals surface area (Å²) in [4.78, 5) is 24.1. The van der Waals surface area contributed by atoms with Crippen LogP contribution in [0.2, 0.25) is 0 Å². The average Bonchev–Trinajstić information content (AvgIpc) is 2.66. The van der Waals surface area contributed by atoms with E-state index in [9.17, 15) is 9.59 Å². The van der Waals surface area contributed by atoms with Crippen molar-refractivity contribution in [2.24, 2.45) is 0 Å². The SMILES string of the molecule is CCCCCCCCOC(=O)N[C@@H](CCC)C(=O)OCCCCCCCC. The summed E-state index contributed by atoms with van der Waals surface area (Å²) < 4.78 is 10.5. The third-order valence-electron chi connectivity index (χ3n) is 4.63. The van der Waals surface area contributed by atoms with E-state index in [4.69, 9.17) is 9.47 Å². The van der Waals surface area contributed by atoms with Gasteiger partial charge in [0.25, 0.3) is 0 Å². The van der Waals surface area contributed by atoms with E-state index in [0.717, 1.165) is 32.1 Å². The molecule has 27 heavy (non-hydrogen) atoms. The number of unbranched alkanes of at least 4 members (excludes halogenated alkanes) is 10. The van der Waals surface area contributed by atoms with Crippen molar-refractivity contribution in [3.8, 4) is 0 Å². The van der Waals surface area contributed by atoms with Crippen molar-refractivity contribution in [1.82, 2.24) is 5.32 Å². The fourth-order valence-electron chi connectivity index (χ4n) is 2.92. The van der Waals surface area contributed by atoms with Gasteiger partial charge in [-0.1, -0.05) is 91.4 Å². The molecule has 0 rings (SSSR count). The van der Waals surface area contributed by atoms with Crippen LogP contribution < -0.4 is 5.32 Å². The number of ether oxygens (including phenoxy) is 2. The van der Waals surface area contributed by atoms with Crippen molar-refractivity contribution in [3.63, 3.8) is 0 Å². The Morgan fingerprint density at radius 2 is 1.15 bits per heavy atom. The summed E-state index contributed by atoms with van der Waals surface area (Å²) in [6.45, 7) is 7.21. The van der Waals surface area contributed by atoms with Crippen molar-refractivity contribution < 1.29 is 19.1 Å². The summed E-state index contributed by atoms with van der Waals surface area (Å²) in [5, 5.41) is 2.66. The van der Waals surface area contributed by atoms with Crippen molar-refractivity contribution in [2.75, 3.05) is 13.2 Å². The Balaban J connectivity index is 3.88. The van der Waals surface area contributed by atoms with Crippen LogP contribution in [0.5, 0.6) is 0 Å². The highest BCUT2D eigenvalue weighted by molar-refractivity contribution is 5.81. The molecule has 1 N–H and O–H groups in total. The summed E-state index contributed by atoms with van der Waals surface area (Å²) in [6.07, 6.45) is 14.6. The van der Waals surface area contributed by atoms with Crippen LogP contribution in [-0.2, 0) is 14.3 Å². The molecule has 0 unspecified atom stereocenters. The summed E-state index contributed by atoms with van der Waals surface area (Å²) in [5.41, 5.74) is 0. The lowest BCUT2D eigenvalue weighted by Crippen LogP contribution is -2.42. The van der Waals surface area contributed by atoms with Gasteiger partial charge in [-0.05, 0) is 19.3 Å². The van der Waals surface area contributed by atoms with Crippen molar-refractivity contribution in [1.29, 1.82) is 0 Å². The molecule has 0 saturated heterocycles. The molecular weight excluding hydrogens is 342 g/mol. The summed E-state index contributed by atoms with van der Waals surface area (Å²) >= 11 is 0. The summed E-state index contributed by atoms with van der Waals surface area (Å²) in [7, 11) is 0. The molecule has 160 valence electrons. The van der Waals surface area contributed by atoms with Crippen LogP contribution in [0.15, 0.2) is 0 Å². The second-order valence-electron chi connectivity index (χ2n) is 7.32. The topological polar surface area (TPSA) is 64.6 Å². The molecular formula is C22H43NO4. The van der Waals surface area contributed by atoms with Gasteiger partial charge in [0, 0.05) is 0 Å². The van der Waals surface area contributed by atoms with Gasteiger partial charge in [-0.25, -0.2) is 9.59 Å². The zero-order chi connectivity index (χ0) is 20.2. The van der Waals surface area contributed by atoms with Gasteiger partial charge in [0.2, 0.25) is 0 Å². The molecule has 0 aliphatic rings. The lowest BCUT2D eigenvalue weighted by atomic mass is 10.1. The molecule has 0 spiro atoms. The predicted octanol–water partition coefficient (Wildman–Crippen LogP) is 6.15. The average molecular weight is 386 g/mol. The number of hydrogen-bond donors (Lipinski definition) is 1. The van der Waals surface area contributed by atoms with E-state index in [1.54, 1.807) is 0 Å². The van der Waals surface area contributed by atoms with Crippen LogP contribution in [-0.4, -0.2) is 31.3 Å². The second-order valence-corrected chi connectivity index (χ2v) is 7.32. The van der Waals surface area contributed by atoms with E-state index in [2.05, 4.69) is 19.2 Å². The number of carbonyl (C=O) groups is 2. The quantitative estimate of drug-likeness (QED) is 0.227. The first-order valence-corrected chi connectivity index (χ1v) is 11.3. The molecule has 0 saturated carbocycles. The highest BCUT2D eigenvalue weighted by atomic mass is 16.6. The third-order valence-corrected chi connectivity index (χ3v) is 4.63. The van der Waals surface area contributed by atoms with Crippen molar-refractivity contribution in [2.45, 2.75) is 117 Å². The minimum atomic E-state index is -0.604. The zero-order valence-corrected chi connectivity index (χ0v) is 18.0. The predicted molar refractivity (Wildman–Crippen MR) is 111 cm³/mol. The molecule has 1 atom stereocenters. The van der Waals surface area contributed by atoms with Gasteiger partial charge in [-0.15, -0.1) is 0 Å². The Kier molecular flexibility index (Phi) is 18.6. The second kappa shape index (κ2) is 19.5. The van der Waals surface area contributed by atoms with E-state index < -0.39 is 12.1 Å². The smallest absolute Gasteiger partial charge is 0.407 e. The molecule has 0 bridgehead atoms. The molecule has 0 radical (unpaired) electrons. The number of nitrogens with one attached hydrogen (secondary N) is 1. The first-order valence-electron chi connectivity index (χ1n) is 11.3. The minimum absolute atomic E-state index is 0.345. The molecule has 0 fully saturated rings. The van der Waals surface area contributed by atoms with Crippen molar-refractivity contribution in [3.05, 3.63) is 0 Å². The highest BCUT2D eigenvalue weighted by Crippen LogP contribution is 2.07. The zero-order valence-electron chi connectivity index (χ0n) is 18.0. The van der Waals surface area contributed by atoms with Crippen LogP contribution in [0, 0.1) is 0 Å². The Morgan fingerprint density at radius 3 is 1.67 bits per heavy atom. The lowest BCUT2D eigenvalue weighted by molar-refractivity contribution is -0.146. The highest BCUT2D eigenvalue weighted by Gasteiger charge is 2.21. The van der Waals surface area contributed by atoms with Crippen LogP contribution in [0.3, 0.4) is 0 Å². The molecule has 0 aliphatic carbocycles. The van der Waals surface area contributed by atoms with Crippen LogP contribution in [0.4, 0.5) is 4.79 Å². The number of hydrogen-bond acceptors (Lipinski definition) is 4. The van der Waals surface area contributed by atoms with E-state index in [1.165, 1.54) is 51.4 Å². The van der Waals surface area contributed by atoms with Gasteiger partial charge in [0.1, 0.15) is 6.04 Å². The number of amides is 1. The molecule has 5 heteroatoms. The van der Waals surface area contributed by atoms with Gasteiger partial charge in [0.05, 0.1) is 13.2 Å². The maximum Gasteiger partial charge on any atom is 0.407 e. The third kappa shape index (κ3) is 16.6. The van der Waals surface area contributed by atoms with E-state index in [1.807, 2.05) is 6.92 Å². The molecule has 0 aromatic heterocycles. The Morgan fingerprint density at radius 1 is 0.667 bits per heavy atom. The van der Waals surface area contributed by atoms with Gasteiger partial charge in [-0.2, -0.15) is 0 Å². The van der Waals surface area contributed by atoms with Gasteiger partial charge in [0.15, 0.2) is 0 Å². The number of esters is 1. The van der Waals surface area contributed by atoms with Crippen LogP contribution >= 0.6 is 0 Å². The summed E-state index contributed by atoms with van der Waals surface area (Å²) in [5.74, 6) is -0.345. The maximum atomic E-state index is 12.2. The van der Waals surface area contributed by atoms with Crippen molar-refractivity contribution >= 4 is 12.1 Å². The monoisotopic (exact) mass is 385 g/mol. The molecule has 0 aromatic carbocycles. The first-order chi connectivity index (χ1) is 13.2. The number of carbonyl (C=O) groups excluding carboxylic acids is 2. The molecule has 0 heterocycles. The first kappa shape index (κ1) is 25.7. The number of rotatable bonds is 18. The Bertz CT molecular complexity index is 360. The Hall–Kier alpha value is -1.26. The maximum absolute atomic E-state index is 12.2. The minimum Gasteiger partial charge on any atom is -0.464 e. The van der Waals surface area contributed by atoms with Crippen LogP contribution in [0.25, 0.3) is 0 Å². The standard InChI is InChI=1S/C22H43NO4/c1-4-7-9-11-13-15-18-26-21(24)20(17-6-3)23-22(25)27-19-16-14-12-10-8-5-2/h20H,4-19H2,1-3H3,(H,23,25)/t20-/m0/s1. The molecule has 1 amide bonds. The van der Waals surface area contributed by atoms with E-state index in [0.29, 0.717) is 19.6 Å². The van der Waals surface area contributed by atoms with E-state index >= 15 is 0 Å². The fraction of sp³-hybridized carbons (Fsp3) is 0.909. The number of alkyl carbamates (subject to hydrolysis) is 1. The fourth-order valence-corrected chi connectivity index (χ4v) is 2.92. The van der Waals surface area contributed by atoms with Gasteiger partial charge >= 0.3 is 12.1 Å². The normalized spacial score (nSPS) is 11.8. The largest absolute Gasteiger partial charge is 0.464 e. The van der Waals surface area contributed by atoms with E-state index in [-0.39, 0.29) is 5.97 Å².